The standard InChI is InChI=1S/C11H24N2O/c1-9(6-11(2,12)8-14)13(3)7-10-4-5-10/h9-10,14H,4-8,12H2,1-3H3. The maximum Gasteiger partial charge on any atom is 0.0609 e. The van der Waals surface area contributed by atoms with Gasteiger partial charge in [-0.05, 0) is 46.1 Å². The maximum atomic E-state index is 9.08. The molecule has 0 aromatic heterocycles. The summed E-state index contributed by atoms with van der Waals surface area (Å²) < 4.78 is 0. The molecule has 3 N–H and O–H groups in total. The van der Waals surface area contributed by atoms with E-state index < -0.39 is 5.54 Å². The molecule has 0 amide bonds. The molecule has 0 aromatic carbocycles. The van der Waals surface area contributed by atoms with Crippen molar-refractivity contribution < 1.29 is 5.11 Å². The Kier molecular flexibility index (Phi) is 3.93. The van der Waals surface area contributed by atoms with E-state index in [0.29, 0.717) is 6.04 Å². The number of nitrogens with two attached hydrogens (primary N) is 1. The quantitative estimate of drug-likeness (QED) is 0.667. The second kappa shape index (κ2) is 4.60. The summed E-state index contributed by atoms with van der Waals surface area (Å²) in [6.07, 6.45) is 3.63. The fraction of sp³-hybridized carbons (Fsp3) is 1.00. The summed E-state index contributed by atoms with van der Waals surface area (Å²) in [7, 11) is 2.15. The van der Waals surface area contributed by atoms with E-state index in [4.69, 9.17) is 10.8 Å². The van der Waals surface area contributed by atoms with Crippen LogP contribution in [0.15, 0.2) is 0 Å². The van der Waals surface area contributed by atoms with Gasteiger partial charge < -0.3 is 15.7 Å². The lowest BCUT2D eigenvalue weighted by molar-refractivity contribution is 0.151. The largest absolute Gasteiger partial charge is 0.394 e. The van der Waals surface area contributed by atoms with Crippen molar-refractivity contribution in [2.24, 2.45) is 11.7 Å². The van der Waals surface area contributed by atoms with Crippen LogP contribution in [-0.2, 0) is 0 Å². The van der Waals surface area contributed by atoms with Crippen LogP contribution in [0.4, 0.5) is 0 Å². The molecule has 1 aliphatic rings. The molecule has 3 nitrogen and oxygen atoms in total. The molecule has 2 atom stereocenters. The van der Waals surface area contributed by atoms with E-state index in [0.717, 1.165) is 12.3 Å². The second-order valence-corrected chi connectivity index (χ2v) is 5.25. The zero-order chi connectivity index (χ0) is 10.8. The number of aliphatic hydroxyl groups is 1. The van der Waals surface area contributed by atoms with Crippen LogP contribution < -0.4 is 5.73 Å². The van der Waals surface area contributed by atoms with E-state index in [2.05, 4.69) is 18.9 Å². The highest BCUT2D eigenvalue weighted by atomic mass is 16.3. The average Bonchev–Trinajstić information content (AvgIpc) is 2.87. The van der Waals surface area contributed by atoms with Gasteiger partial charge in [-0.15, -0.1) is 0 Å². The Bertz CT molecular complexity index is 178. The molecule has 0 saturated heterocycles. The zero-order valence-electron chi connectivity index (χ0n) is 9.66. The molecule has 1 rings (SSSR count). The SMILES string of the molecule is CC(CC(C)(N)CO)N(C)CC1CC1. The Morgan fingerprint density at radius 2 is 2.14 bits per heavy atom. The van der Waals surface area contributed by atoms with Gasteiger partial charge in [-0.25, -0.2) is 0 Å². The summed E-state index contributed by atoms with van der Waals surface area (Å²) in [5, 5.41) is 9.08. The topological polar surface area (TPSA) is 49.5 Å². The molecule has 1 fully saturated rings. The van der Waals surface area contributed by atoms with Gasteiger partial charge in [-0.3, -0.25) is 0 Å². The first-order valence-corrected chi connectivity index (χ1v) is 5.54. The Balaban J connectivity index is 2.27. The molecule has 1 aliphatic carbocycles. The van der Waals surface area contributed by atoms with E-state index in [1.807, 2.05) is 6.92 Å². The minimum Gasteiger partial charge on any atom is -0.394 e. The Hall–Kier alpha value is -0.120. The van der Waals surface area contributed by atoms with Gasteiger partial charge in [0, 0.05) is 18.1 Å². The smallest absolute Gasteiger partial charge is 0.0609 e. The summed E-state index contributed by atoms with van der Waals surface area (Å²) in [5.74, 6) is 0.917. The third-order valence-corrected chi connectivity index (χ3v) is 3.12. The van der Waals surface area contributed by atoms with Gasteiger partial charge in [0.05, 0.1) is 6.61 Å². The predicted molar refractivity (Wildman–Crippen MR) is 59.1 cm³/mol. The molecule has 1 saturated carbocycles. The second-order valence-electron chi connectivity index (χ2n) is 5.25. The van der Waals surface area contributed by atoms with Crippen LogP contribution in [0.3, 0.4) is 0 Å². The van der Waals surface area contributed by atoms with E-state index in [-0.39, 0.29) is 6.61 Å². The van der Waals surface area contributed by atoms with Crippen molar-refractivity contribution in [3.05, 3.63) is 0 Å². The molecule has 0 aliphatic heterocycles. The van der Waals surface area contributed by atoms with Gasteiger partial charge in [0.2, 0.25) is 0 Å². The monoisotopic (exact) mass is 200 g/mol. The van der Waals surface area contributed by atoms with Crippen molar-refractivity contribution >= 4 is 0 Å². The first-order chi connectivity index (χ1) is 6.44. The minimum atomic E-state index is -0.433. The van der Waals surface area contributed by atoms with Crippen molar-refractivity contribution in [1.29, 1.82) is 0 Å². The summed E-state index contributed by atoms with van der Waals surface area (Å²) in [5.41, 5.74) is 5.49. The van der Waals surface area contributed by atoms with E-state index in [1.54, 1.807) is 0 Å². The van der Waals surface area contributed by atoms with Crippen LogP contribution in [0.2, 0.25) is 0 Å². The van der Waals surface area contributed by atoms with Gasteiger partial charge in [0.1, 0.15) is 0 Å². The molecular formula is C11H24N2O. The summed E-state index contributed by atoms with van der Waals surface area (Å²) in [6.45, 7) is 5.34. The van der Waals surface area contributed by atoms with Crippen LogP contribution in [-0.4, -0.2) is 41.8 Å². The molecule has 3 heteroatoms. The maximum absolute atomic E-state index is 9.08. The van der Waals surface area contributed by atoms with Crippen LogP contribution in [0.5, 0.6) is 0 Å². The summed E-state index contributed by atoms with van der Waals surface area (Å²) >= 11 is 0. The number of hydrogen-bond acceptors (Lipinski definition) is 3. The number of aliphatic hydroxyl groups excluding tert-OH is 1. The van der Waals surface area contributed by atoms with Crippen molar-refractivity contribution in [2.75, 3.05) is 20.2 Å². The Morgan fingerprint density at radius 1 is 1.57 bits per heavy atom. The molecule has 2 unspecified atom stereocenters. The molecule has 84 valence electrons. The highest BCUT2D eigenvalue weighted by Gasteiger charge is 2.27. The van der Waals surface area contributed by atoms with E-state index >= 15 is 0 Å². The number of rotatable bonds is 6. The van der Waals surface area contributed by atoms with Gasteiger partial charge >= 0.3 is 0 Å². The first-order valence-electron chi connectivity index (χ1n) is 5.54. The van der Waals surface area contributed by atoms with Crippen LogP contribution in [0.25, 0.3) is 0 Å². The lowest BCUT2D eigenvalue weighted by Crippen LogP contribution is -2.46. The third-order valence-electron chi connectivity index (χ3n) is 3.12. The van der Waals surface area contributed by atoms with Crippen molar-refractivity contribution in [3.63, 3.8) is 0 Å². The van der Waals surface area contributed by atoms with Gasteiger partial charge in [-0.2, -0.15) is 0 Å². The predicted octanol–water partition coefficient (Wildman–Crippen LogP) is 0.816. The highest BCUT2D eigenvalue weighted by Crippen LogP contribution is 2.30. The third kappa shape index (κ3) is 3.95. The van der Waals surface area contributed by atoms with Crippen molar-refractivity contribution in [3.8, 4) is 0 Å². The van der Waals surface area contributed by atoms with E-state index in [9.17, 15) is 0 Å². The molecular weight excluding hydrogens is 176 g/mol. The zero-order valence-corrected chi connectivity index (χ0v) is 9.66. The first kappa shape index (κ1) is 12.0. The summed E-state index contributed by atoms with van der Waals surface area (Å²) in [6, 6.07) is 0.456. The van der Waals surface area contributed by atoms with Crippen molar-refractivity contribution in [1.82, 2.24) is 4.90 Å². The van der Waals surface area contributed by atoms with Gasteiger partial charge in [0.15, 0.2) is 0 Å². The molecule has 14 heavy (non-hydrogen) atoms. The molecule has 0 spiro atoms. The van der Waals surface area contributed by atoms with Crippen molar-refractivity contribution in [2.45, 2.75) is 44.7 Å². The average molecular weight is 200 g/mol. The van der Waals surface area contributed by atoms with E-state index in [1.165, 1.54) is 19.4 Å². The molecule has 0 aromatic rings. The lowest BCUT2D eigenvalue weighted by atomic mass is 9.95. The van der Waals surface area contributed by atoms with Crippen LogP contribution >= 0.6 is 0 Å². The highest BCUT2D eigenvalue weighted by molar-refractivity contribution is 4.85. The van der Waals surface area contributed by atoms with Gasteiger partial charge in [0.25, 0.3) is 0 Å². The Morgan fingerprint density at radius 3 is 2.57 bits per heavy atom. The van der Waals surface area contributed by atoms with Crippen LogP contribution in [0.1, 0.15) is 33.1 Å². The number of hydrogen-bond donors (Lipinski definition) is 2. The lowest BCUT2D eigenvalue weighted by Gasteiger charge is -2.31. The molecule has 0 bridgehead atoms. The molecule has 0 radical (unpaired) electrons. The minimum absolute atomic E-state index is 0.0641. The van der Waals surface area contributed by atoms with Gasteiger partial charge in [-0.1, -0.05) is 0 Å². The molecule has 0 heterocycles. The van der Waals surface area contributed by atoms with Crippen LogP contribution in [0, 0.1) is 5.92 Å². The fourth-order valence-electron chi connectivity index (χ4n) is 1.78. The normalized spacial score (nSPS) is 23.6. The fourth-order valence-corrected chi connectivity index (χ4v) is 1.78. The Labute approximate surface area is 87.3 Å². The number of nitrogens with zero attached hydrogens (tertiary/aromatic N) is 1. The summed E-state index contributed by atoms with van der Waals surface area (Å²) in [4.78, 5) is 2.36.